The number of nitrogens with zero attached hydrogens (tertiary/aromatic N) is 1. The summed E-state index contributed by atoms with van der Waals surface area (Å²) < 4.78 is 24.4. The quantitative estimate of drug-likeness (QED) is 0.738. The molecule has 148 valence electrons. The van der Waals surface area contributed by atoms with Gasteiger partial charge >= 0.3 is 5.97 Å². The van der Waals surface area contributed by atoms with E-state index in [-0.39, 0.29) is 29.2 Å². The zero-order valence-electron chi connectivity index (χ0n) is 16.1. The molecule has 0 aliphatic carbocycles. The highest BCUT2D eigenvalue weighted by Crippen LogP contribution is 2.42. The van der Waals surface area contributed by atoms with Crippen LogP contribution in [0.4, 0.5) is 4.39 Å². The van der Waals surface area contributed by atoms with Crippen LogP contribution in [0.1, 0.15) is 30.4 Å². The van der Waals surface area contributed by atoms with Gasteiger partial charge in [-0.05, 0) is 36.6 Å². The standard InChI is InChI=1S/C23H26FNO3/c1-2-28-22(26)20-12-13-25(14-21(20)17-6-4-3-5-7-17)23(15-27-16-23)18-8-10-19(24)11-9-18/h3-11,20-21H,2,12-16H2,1H3/t20-,21+/m1/s1. The third kappa shape index (κ3) is 3.45. The highest BCUT2D eigenvalue weighted by molar-refractivity contribution is 5.74. The van der Waals surface area contributed by atoms with Crippen LogP contribution >= 0.6 is 0 Å². The minimum Gasteiger partial charge on any atom is -0.466 e. The highest BCUT2D eigenvalue weighted by atomic mass is 19.1. The van der Waals surface area contributed by atoms with Gasteiger partial charge in [-0.15, -0.1) is 0 Å². The molecule has 28 heavy (non-hydrogen) atoms. The first-order valence-electron chi connectivity index (χ1n) is 9.94. The third-order valence-electron chi connectivity index (χ3n) is 6.10. The van der Waals surface area contributed by atoms with E-state index >= 15 is 0 Å². The van der Waals surface area contributed by atoms with Gasteiger partial charge in [0.2, 0.25) is 0 Å². The summed E-state index contributed by atoms with van der Waals surface area (Å²) in [6.07, 6.45) is 0.737. The van der Waals surface area contributed by atoms with E-state index < -0.39 is 0 Å². The summed E-state index contributed by atoms with van der Waals surface area (Å²) in [6.45, 7) is 4.95. The van der Waals surface area contributed by atoms with Crippen LogP contribution in [0.5, 0.6) is 0 Å². The molecule has 2 saturated heterocycles. The van der Waals surface area contributed by atoms with Gasteiger partial charge in [0.05, 0.1) is 31.3 Å². The van der Waals surface area contributed by atoms with E-state index in [2.05, 4.69) is 17.0 Å². The first-order valence-corrected chi connectivity index (χ1v) is 9.94. The van der Waals surface area contributed by atoms with Gasteiger partial charge in [0.1, 0.15) is 5.82 Å². The molecule has 0 spiro atoms. The van der Waals surface area contributed by atoms with Crippen molar-refractivity contribution in [3.8, 4) is 0 Å². The Labute approximate surface area is 165 Å². The Morgan fingerprint density at radius 1 is 1.18 bits per heavy atom. The van der Waals surface area contributed by atoms with Crippen molar-refractivity contribution in [1.82, 2.24) is 4.90 Å². The van der Waals surface area contributed by atoms with Gasteiger partial charge in [0, 0.05) is 19.0 Å². The van der Waals surface area contributed by atoms with Gasteiger partial charge < -0.3 is 9.47 Å². The fraction of sp³-hybridized carbons (Fsp3) is 0.435. The number of likely N-dealkylation sites (tertiary alicyclic amines) is 1. The molecule has 2 aliphatic heterocycles. The van der Waals surface area contributed by atoms with Crippen LogP contribution in [-0.4, -0.2) is 43.8 Å². The number of hydrogen-bond acceptors (Lipinski definition) is 4. The number of halogens is 1. The van der Waals surface area contributed by atoms with E-state index in [1.807, 2.05) is 37.3 Å². The number of esters is 1. The summed E-state index contributed by atoms with van der Waals surface area (Å²) in [4.78, 5) is 15.0. The Hall–Kier alpha value is -2.24. The van der Waals surface area contributed by atoms with Crippen LogP contribution in [0.15, 0.2) is 54.6 Å². The molecule has 4 nitrogen and oxygen atoms in total. The first-order chi connectivity index (χ1) is 13.6. The van der Waals surface area contributed by atoms with Crippen molar-refractivity contribution in [1.29, 1.82) is 0 Å². The van der Waals surface area contributed by atoms with Gasteiger partial charge in [-0.1, -0.05) is 42.5 Å². The third-order valence-corrected chi connectivity index (χ3v) is 6.10. The molecule has 2 aromatic carbocycles. The molecule has 0 radical (unpaired) electrons. The Morgan fingerprint density at radius 2 is 1.89 bits per heavy atom. The topological polar surface area (TPSA) is 38.8 Å². The zero-order valence-corrected chi connectivity index (χ0v) is 16.1. The second-order valence-corrected chi connectivity index (χ2v) is 7.64. The summed E-state index contributed by atoms with van der Waals surface area (Å²) in [5.74, 6) is -0.434. The van der Waals surface area contributed by atoms with Crippen molar-refractivity contribution in [3.05, 3.63) is 71.5 Å². The van der Waals surface area contributed by atoms with E-state index in [0.29, 0.717) is 19.8 Å². The maximum atomic E-state index is 13.4. The van der Waals surface area contributed by atoms with Gasteiger partial charge in [0.15, 0.2) is 0 Å². The van der Waals surface area contributed by atoms with Crippen LogP contribution in [0, 0.1) is 11.7 Å². The van der Waals surface area contributed by atoms with Crippen molar-refractivity contribution in [2.75, 3.05) is 32.9 Å². The molecule has 5 heteroatoms. The van der Waals surface area contributed by atoms with Gasteiger partial charge in [-0.25, -0.2) is 4.39 Å². The summed E-state index contributed by atoms with van der Waals surface area (Å²) in [7, 11) is 0. The van der Waals surface area contributed by atoms with Crippen molar-refractivity contribution in [2.45, 2.75) is 24.8 Å². The number of hydrogen-bond donors (Lipinski definition) is 0. The molecule has 2 aromatic rings. The second-order valence-electron chi connectivity index (χ2n) is 7.64. The SMILES string of the molecule is CCOC(=O)[C@@H]1CCN(C2(c3ccc(F)cc3)COC2)C[C@H]1c1ccccc1. The van der Waals surface area contributed by atoms with Crippen LogP contribution in [0.2, 0.25) is 0 Å². The molecular formula is C23H26FNO3. The van der Waals surface area contributed by atoms with Crippen LogP contribution in [0.3, 0.4) is 0 Å². The molecule has 0 amide bonds. The lowest BCUT2D eigenvalue weighted by Gasteiger charge is -2.53. The lowest BCUT2D eigenvalue weighted by molar-refractivity contribution is -0.166. The summed E-state index contributed by atoms with van der Waals surface area (Å²) in [5, 5.41) is 0. The lowest BCUT2D eigenvalue weighted by Crippen LogP contribution is -2.62. The molecule has 0 N–H and O–H groups in total. The molecule has 4 rings (SSSR count). The Balaban J connectivity index is 1.63. The fourth-order valence-corrected chi connectivity index (χ4v) is 4.50. The highest BCUT2D eigenvalue weighted by Gasteiger charge is 2.49. The number of carbonyl (C=O) groups excluding carboxylic acids is 1. The molecule has 2 fully saturated rings. The van der Waals surface area contributed by atoms with Crippen molar-refractivity contribution in [2.24, 2.45) is 5.92 Å². The van der Waals surface area contributed by atoms with Gasteiger partial charge in [0.25, 0.3) is 0 Å². The van der Waals surface area contributed by atoms with Crippen molar-refractivity contribution < 1.29 is 18.7 Å². The predicted octanol–water partition coefficient (Wildman–Crippen LogP) is 3.72. The number of piperidine rings is 1. The summed E-state index contributed by atoms with van der Waals surface area (Å²) in [6, 6.07) is 16.9. The monoisotopic (exact) mass is 383 g/mol. The molecule has 0 saturated carbocycles. The van der Waals surface area contributed by atoms with E-state index in [9.17, 15) is 9.18 Å². The minimum atomic E-state index is -0.250. The number of carbonyl (C=O) groups is 1. The number of ether oxygens (including phenoxy) is 2. The molecule has 2 heterocycles. The van der Waals surface area contributed by atoms with Gasteiger partial charge in [-0.3, -0.25) is 9.69 Å². The zero-order chi connectivity index (χ0) is 19.6. The van der Waals surface area contributed by atoms with E-state index in [1.54, 1.807) is 0 Å². The summed E-state index contributed by atoms with van der Waals surface area (Å²) >= 11 is 0. The maximum absolute atomic E-state index is 13.4. The Bertz CT molecular complexity index is 804. The van der Waals surface area contributed by atoms with Crippen LogP contribution in [0.25, 0.3) is 0 Å². The van der Waals surface area contributed by atoms with Crippen molar-refractivity contribution in [3.63, 3.8) is 0 Å². The molecule has 2 aliphatic rings. The first kappa shape index (κ1) is 19.1. The normalized spacial score (nSPS) is 24.4. The summed E-state index contributed by atoms with van der Waals surface area (Å²) in [5.41, 5.74) is 1.97. The van der Waals surface area contributed by atoms with Gasteiger partial charge in [-0.2, -0.15) is 0 Å². The van der Waals surface area contributed by atoms with E-state index in [1.165, 1.54) is 12.1 Å². The van der Waals surface area contributed by atoms with Crippen LogP contribution < -0.4 is 0 Å². The molecule has 0 bridgehead atoms. The molecule has 0 aromatic heterocycles. The van der Waals surface area contributed by atoms with Crippen molar-refractivity contribution >= 4 is 5.97 Å². The van der Waals surface area contributed by atoms with Crippen LogP contribution in [-0.2, 0) is 19.8 Å². The predicted molar refractivity (Wildman–Crippen MR) is 104 cm³/mol. The fourth-order valence-electron chi connectivity index (χ4n) is 4.50. The van der Waals surface area contributed by atoms with E-state index in [0.717, 1.165) is 30.6 Å². The van der Waals surface area contributed by atoms with E-state index in [4.69, 9.17) is 9.47 Å². The Kier molecular flexibility index (Phi) is 5.47. The average molecular weight is 383 g/mol. The molecular weight excluding hydrogens is 357 g/mol. The lowest BCUT2D eigenvalue weighted by atomic mass is 9.76. The maximum Gasteiger partial charge on any atom is 0.309 e. The second kappa shape index (κ2) is 8.02. The average Bonchev–Trinajstić information content (AvgIpc) is 2.69. The Morgan fingerprint density at radius 3 is 2.50 bits per heavy atom. The largest absolute Gasteiger partial charge is 0.466 e. The smallest absolute Gasteiger partial charge is 0.309 e. The molecule has 0 unspecified atom stereocenters. The number of rotatable bonds is 5. The minimum absolute atomic E-state index is 0.0620. The molecule has 2 atom stereocenters. The number of benzene rings is 2.